The number of hydrogen-bond donors (Lipinski definition) is 2. The van der Waals surface area contributed by atoms with Crippen LogP contribution in [0.15, 0.2) is 18.2 Å². The van der Waals surface area contributed by atoms with Gasteiger partial charge in [0, 0.05) is 24.3 Å². The average molecular weight is 248 g/mol. The molecule has 1 saturated heterocycles. The third kappa shape index (κ3) is 3.03. The summed E-state index contributed by atoms with van der Waals surface area (Å²) in [5, 5.41) is 12.8. The Hall–Kier alpha value is -1.06. The van der Waals surface area contributed by atoms with Crippen LogP contribution in [0, 0.1) is 13.8 Å². The van der Waals surface area contributed by atoms with Gasteiger partial charge in [0.2, 0.25) is 0 Å². The molecule has 1 aromatic rings. The molecule has 100 valence electrons. The maximum Gasteiger partial charge on any atom is 0.0601 e. The predicted octanol–water partition coefficient (Wildman–Crippen LogP) is 1.85. The van der Waals surface area contributed by atoms with Gasteiger partial charge >= 0.3 is 0 Å². The molecule has 1 aliphatic rings. The number of hydrogen-bond acceptors (Lipinski definition) is 3. The minimum atomic E-state index is 0.177. The molecule has 0 amide bonds. The largest absolute Gasteiger partial charge is 0.395 e. The number of aliphatic hydroxyl groups is 1. The second-order valence-electron chi connectivity index (χ2n) is 5.47. The van der Waals surface area contributed by atoms with E-state index < -0.39 is 0 Å². The molecule has 18 heavy (non-hydrogen) atoms. The zero-order valence-electron chi connectivity index (χ0n) is 11.6. The van der Waals surface area contributed by atoms with E-state index in [-0.39, 0.29) is 12.6 Å². The lowest BCUT2D eigenvalue weighted by Crippen LogP contribution is -2.42. The van der Waals surface area contributed by atoms with Crippen LogP contribution in [0.4, 0.5) is 5.69 Å². The van der Waals surface area contributed by atoms with Crippen molar-refractivity contribution in [2.24, 2.45) is 0 Å². The fraction of sp³-hybridized carbons (Fsp3) is 0.600. The molecule has 3 heteroatoms. The minimum absolute atomic E-state index is 0.177. The van der Waals surface area contributed by atoms with Crippen LogP contribution in [-0.2, 0) is 0 Å². The SMILES string of the molecule is Cc1cc(C)cc(N2CC(CO)NCCC2C)c1. The number of benzene rings is 1. The zero-order chi connectivity index (χ0) is 13.1. The molecule has 0 spiro atoms. The van der Waals surface area contributed by atoms with Gasteiger partial charge in [-0.15, -0.1) is 0 Å². The van der Waals surface area contributed by atoms with E-state index in [1.165, 1.54) is 16.8 Å². The van der Waals surface area contributed by atoms with E-state index in [1.54, 1.807) is 0 Å². The Morgan fingerprint density at radius 2 is 1.94 bits per heavy atom. The Morgan fingerprint density at radius 3 is 2.56 bits per heavy atom. The van der Waals surface area contributed by atoms with Crippen molar-refractivity contribution in [3.8, 4) is 0 Å². The highest BCUT2D eigenvalue weighted by Gasteiger charge is 2.22. The van der Waals surface area contributed by atoms with Crippen LogP contribution in [0.5, 0.6) is 0 Å². The molecular weight excluding hydrogens is 224 g/mol. The van der Waals surface area contributed by atoms with E-state index in [0.29, 0.717) is 6.04 Å². The standard InChI is InChI=1S/C15H24N2O/c1-11-6-12(2)8-15(7-11)17-9-14(10-18)16-5-4-13(17)3/h6-8,13-14,16,18H,4-5,9-10H2,1-3H3. The van der Waals surface area contributed by atoms with Gasteiger partial charge in [-0.05, 0) is 57.0 Å². The van der Waals surface area contributed by atoms with E-state index >= 15 is 0 Å². The number of rotatable bonds is 2. The molecule has 0 aromatic heterocycles. The van der Waals surface area contributed by atoms with E-state index in [2.05, 4.69) is 49.2 Å². The molecule has 2 atom stereocenters. The lowest BCUT2D eigenvalue weighted by molar-refractivity contribution is 0.248. The first-order valence-corrected chi connectivity index (χ1v) is 6.79. The Balaban J connectivity index is 2.27. The number of anilines is 1. The molecule has 0 saturated carbocycles. The summed E-state index contributed by atoms with van der Waals surface area (Å²) in [7, 11) is 0. The van der Waals surface area contributed by atoms with Gasteiger partial charge < -0.3 is 15.3 Å². The topological polar surface area (TPSA) is 35.5 Å². The van der Waals surface area contributed by atoms with Crippen molar-refractivity contribution >= 4 is 5.69 Å². The van der Waals surface area contributed by atoms with Crippen LogP contribution in [-0.4, -0.2) is 36.9 Å². The summed E-state index contributed by atoms with van der Waals surface area (Å²) in [4.78, 5) is 2.42. The molecular formula is C15H24N2O. The van der Waals surface area contributed by atoms with Crippen molar-refractivity contribution in [2.75, 3.05) is 24.6 Å². The lowest BCUT2D eigenvalue weighted by atomic mass is 10.1. The monoisotopic (exact) mass is 248 g/mol. The second-order valence-corrected chi connectivity index (χ2v) is 5.47. The summed E-state index contributed by atoms with van der Waals surface area (Å²) in [5.74, 6) is 0. The van der Waals surface area contributed by atoms with E-state index in [0.717, 1.165) is 19.5 Å². The molecule has 0 bridgehead atoms. The summed E-state index contributed by atoms with van der Waals surface area (Å²) in [5.41, 5.74) is 3.88. The Morgan fingerprint density at radius 1 is 1.28 bits per heavy atom. The molecule has 1 aromatic carbocycles. The lowest BCUT2D eigenvalue weighted by Gasteiger charge is -2.31. The smallest absolute Gasteiger partial charge is 0.0601 e. The van der Waals surface area contributed by atoms with Gasteiger partial charge in [0.1, 0.15) is 0 Å². The number of aryl methyl sites for hydroxylation is 2. The van der Waals surface area contributed by atoms with Crippen LogP contribution in [0.1, 0.15) is 24.5 Å². The van der Waals surface area contributed by atoms with Gasteiger partial charge in [-0.3, -0.25) is 0 Å². The molecule has 3 nitrogen and oxygen atoms in total. The van der Waals surface area contributed by atoms with Gasteiger partial charge in [-0.25, -0.2) is 0 Å². The maximum atomic E-state index is 9.39. The van der Waals surface area contributed by atoms with E-state index in [4.69, 9.17) is 0 Å². The zero-order valence-corrected chi connectivity index (χ0v) is 11.6. The van der Waals surface area contributed by atoms with Gasteiger partial charge in [0.25, 0.3) is 0 Å². The molecule has 1 heterocycles. The van der Waals surface area contributed by atoms with Crippen LogP contribution < -0.4 is 10.2 Å². The summed E-state index contributed by atoms with van der Waals surface area (Å²) in [6.07, 6.45) is 1.11. The molecule has 1 fully saturated rings. The van der Waals surface area contributed by atoms with Gasteiger partial charge in [-0.1, -0.05) is 6.07 Å². The second kappa shape index (κ2) is 5.72. The molecule has 2 unspecified atom stereocenters. The third-order valence-electron chi connectivity index (χ3n) is 3.70. The first kappa shape index (κ1) is 13.4. The van der Waals surface area contributed by atoms with Crippen molar-refractivity contribution < 1.29 is 5.11 Å². The Bertz CT molecular complexity index is 385. The van der Waals surface area contributed by atoms with Gasteiger partial charge in [-0.2, -0.15) is 0 Å². The van der Waals surface area contributed by atoms with Gasteiger partial charge in [0.15, 0.2) is 0 Å². The molecule has 0 radical (unpaired) electrons. The highest BCUT2D eigenvalue weighted by Crippen LogP contribution is 2.23. The molecule has 1 aliphatic heterocycles. The van der Waals surface area contributed by atoms with Crippen LogP contribution in [0.2, 0.25) is 0 Å². The highest BCUT2D eigenvalue weighted by molar-refractivity contribution is 5.52. The van der Waals surface area contributed by atoms with Crippen molar-refractivity contribution in [2.45, 2.75) is 39.3 Å². The maximum absolute atomic E-state index is 9.39. The Kier molecular flexibility index (Phi) is 4.25. The predicted molar refractivity (Wildman–Crippen MR) is 76.2 cm³/mol. The number of nitrogens with one attached hydrogen (secondary N) is 1. The van der Waals surface area contributed by atoms with Gasteiger partial charge in [0.05, 0.1) is 6.61 Å². The molecule has 2 N–H and O–H groups in total. The number of aliphatic hydroxyl groups excluding tert-OH is 1. The first-order chi connectivity index (χ1) is 8.60. The fourth-order valence-electron chi connectivity index (χ4n) is 2.73. The summed E-state index contributed by atoms with van der Waals surface area (Å²) >= 11 is 0. The van der Waals surface area contributed by atoms with E-state index in [1.807, 2.05) is 0 Å². The van der Waals surface area contributed by atoms with Crippen LogP contribution >= 0.6 is 0 Å². The van der Waals surface area contributed by atoms with Crippen molar-refractivity contribution in [1.29, 1.82) is 0 Å². The van der Waals surface area contributed by atoms with E-state index in [9.17, 15) is 5.11 Å². The minimum Gasteiger partial charge on any atom is -0.395 e. The molecule has 0 aliphatic carbocycles. The normalized spacial score (nSPS) is 25.0. The first-order valence-electron chi connectivity index (χ1n) is 6.79. The number of nitrogens with zero attached hydrogens (tertiary/aromatic N) is 1. The Labute approximate surface area is 110 Å². The van der Waals surface area contributed by atoms with Crippen LogP contribution in [0.25, 0.3) is 0 Å². The highest BCUT2D eigenvalue weighted by atomic mass is 16.3. The van der Waals surface area contributed by atoms with Crippen molar-refractivity contribution in [1.82, 2.24) is 5.32 Å². The van der Waals surface area contributed by atoms with Crippen LogP contribution in [0.3, 0.4) is 0 Å². The summed E-state index contributed by atoms with van der Waals surface area (Å²) < 4.78 is 0. The van der Waals surface area contributed by atoms with Crippen molar-refractivity contribution in [3.63, 3.8) is 0 Å². The third-order valence-corrected chi connectivity index (χ3v) is 3.70. The summed E-state index contributed by atoms with van der Waals surface area (Å²) in [6, 6.07) is 7.37. The fourth-order valence-corrected chi connectivity index (χ4v) is 2.73. The quantitative estimate of drug-likeness (QED) is 0.838. The molecule has 2 rings (SSSR count). The summed E-state index contributed by atoms with van der Waals surface area (Å²) in [6.45, 7) is 8.60. The average Bonchev–Trinajstić information content (AvgIpc) is 2.49. The van der Waals surface area contributed by atoms with Crippen molar-refractivity contribution in [3.05, 3.63) is 29.3 Å².